The molecule has 0 atom stereocenters. The second-order valence-corrected chi connectivity index (χ2v) is 6.01. The number of hydrogen-bond acceptors (Lipinski definition) is 4. The molecule has 2 amide bonds. The summed E-state index contributed by atoms with van der Waals surface area (Å²) >= 11 is 0. The van der Waals surface area contributed by atoms with Crippen LogP contribution >= 0.6 is 0 Å². The van der Waals surface area contributed by atoms with E-state index in [1.54, 1.807) is 12.1 Å². The lowest BCUT2D eigenvalue weighted by atomic mass is 10.1. The average molecular weight is 337 g/mol. The van der Waals surface area contributed by atoms with Gasteiger partial charge in [-0.05, 0) is 43.5 Å². The van der Waals surface area contributed by atoms with Crippen LogP contribution in [0.5, 0.6) is 0 Å². The van der Waals surface area contributed by atoms with Gasteiger partial charge in [0, 0.05) is 25.0 Å². The fourth-order valence-corrected chi connectivity index (χ4v) is 2.97. The van der Waals surface area contributed by atoms with Crippen molar-refractivity contribution in [2.24, 2.45) is 5.73 Å². The number of primary amides is 1. The Morgan fingerprint density at radius 3 is 2.60 bits per heavy atom. The molecule has 128 valence electrons. The number of anilines is 2. The fourth-order valence-electron chi connectivity index (χ4n) is 2.97. The van der Waals surface area contributed by atoms with E-state index in [-0.39, 0.29) is 11.3 Å². The molecule has 0 spiro atoms. The molecule has 0 radical (unpaired) electrons. The van der Waals surface area contributed by atoms with Crippen LogP contribution in [0.3, 0.4) is 0 Å². The summed E-state index contributed by atoms with van der Waals surface area (Å²) in [6, 6.07) is 8.68. The number of hydrogen-bond donors (Lipinski definition) is 3. The van der Waals surface area contributed by atoms with Crippen LogP contribution in [0.4, 0.5) is 11.4 Å². The van der Waals surface area contributed by atoms with Crippen molar-refractivity contribution in [3.63, 3.8) is 0 Å². The van der Waals surface area contributed by atoms with E-state index < -0.39 is 11.8 Å². The monoisotopic (exact) mass is 337 g/mol. The van der Waals surface area contributed by atoms with Gasteiger partial charge in [0.25, 0.3) is 11.8 Å². The van der Waals surface area contributed by atoms with E-state index in [0.29, 0.717) is 11.3 Å². The van der Waals surface area contributed by atoms with Crippen LogP contribution in [-0.4, -0.2) is 29.9 Å². The van der Waals surface area contributed by atoms with E-state index in [1.165, 1.54) is 18.7 Å². The molecule has 1 aliphatic rings. The minimum Gasteiger partial charge on any atom is -0.372 e. The molecule has 0 unspecified atom stereocenters. The standard InChI is InChI=1S/C18H19N5O2/c19-10-12-8-16(21-11-12)18(25)22-15-5-4-13(9-14(15)17(20)24)23-6-2-1-3-7-23/h4-5,8-9,11,21H,1-3,6-7H2,(H2,20,24)(H,22,25). The van der Waals surface area contributed by atoms with E-state index >= 15 is 0 Å². The number of carbonyl (C=O) groups excluding carboxylic acids is 2. The lowest BCUT2D eigenvalue weighted by molar-refractivity contribution is 0.100. The van der Waals surface area contributed by atoms with Crippen molar-refractivity contribution in [3.05, 3.63) is 47.3 Å². The van der Waals surface area contributed by atoms with Crippen molar-refractivity contribution in [3.8, 4) is 6.07 Å². The number of aromatic amines is 1. The quantitative estimate of drug-likeness (QED) is 0.793. The SMILES string of the molecule is N#Cc1c[nH]c(C(=O)Nc2ccc(N3CCCCC3)cc2C(N)=O)c1. The van der Waals surface area contributed by atoms with Crippen LogP contribution < -0.4 is 16.0 Å². The Balaban J connectivity index is 1.84. The van der Waals surface area contributed by atoms with Crippen LogP contribution in [-0.2, 0) is 0 Å². The highest BCUT2D eigenvalue weighted by atomic mass is 16.2. The van der Waals surface area contributed by atoms with Crippen molar-refractivity contribution in [1.82, 2.24) is 4.98 Å². The van der Waals surface area contributed by atoms with Crippen LogP contribution in [0.1, 0.15) is 45.7 Å². The number of nitrogens with zero attached hydrogens (tertiary/aromatic N) is 2. The second kappa shape index (κ2) is 7.09. The van der Waals surface area contributed by atoms with Gasteiger partial charge in [0.2, 0.25) is 0 Å². The van der Waals surface area contributed by atoms with Gasteiger partial charge >= 0.3 is 0 Å². The Hall–Kier alpha value is -3.27. The Bertz CT molecular complexity index is 843. The minimum atomic E-state index is -0.599. The van der Waals surface area contributed by atoms with Gasteiger partial charge in [-0.2, -0.15) is 5.26 Å². The van der Waals surface area contributed by atoms with Crippen molar-refractivity contribution in [1.29, 1.82) is 5.26 Å². The number of nitrogens with two attached hydrogens (primary N) is 1. The molecule has 1 aromatic carbocycles. The van der Waals surface area contributed by atoms with E-state index in [4.69, 9.17) is 11.0 Å². The molecule has 0 saturated carbocycles. The lowest BCUT2D eigenvalue weighted by Crippen LogP contribution is -2.29. The third-order valence-corrected chi connectivity index (χ3v) is 4.29. The summed E-state index contributed by atoms with van der Waals surface area (Å²) in [5.74, 6) is -1.03. The van der Waals surface area contributed by atoms with Crippen molar-refractivity contribution < 1.29 is 9.59 Å². The molecule has 7 nitrogen and oxygen atoms in total. The Kier molecular flexibility index (Phi) is 4.70. The molecule has 1 fully saturated rings. The summed E-state index contributed by atoms with van der Waals surface area (Å²) in [7, 11) is 0. The number of rotatable bonds is 4. The first-order chi connectivity index (χ1) is 12.1. The van der Waals surface area contributed by atoms with Crippen LogP contribution in [0.2, 0.25) is 0 Å². The fraction of sp³-hybridized carbons (Fsp3) is 0.278. The van der Waals surface area contributed by atoms with Gasteiger partial charge in [0.05, 0.1) is 16.8 Å². The van der Waals surface area contributed by atoms with Gasteiger partial charge < -0.3 is 20.9 Å². The molecule has 2 heterocycles. The molecule has 1 saturated heterocycles. The van der Waals surface area contributed by atoms with Crippen LogP contribution in [0.15, 0.2) is 30.5 Å². The number of aromatic nitrogens is 1. The summed E-state index contributed by atoms with van der Waals surface area (Å²) < 4.78 is 0. The minimum absolute atomic E-state index is 0.243. The molecule has 3 rings (SSSR count). The molecule has 1 aromatic heterocycles. The summed E-state index contributed by atoms with van der Waals surface area (Å²) in [5.41, 5.74) is 7.65. The highest BCUT2D eigenvalue weighted by molar-refractivity contribution is 6.08. The highest BCUT2D eigenvalue weighted by Gasteiger charge is 2.17. The smallest absolute Gasteiger partial charge is 0.272 e. The lowest BCUT2D eigenvalue weighted by Gasteiger charge is -2.29. The molecule has 25 heavy (non-hydrogen) atoms. The number of amides is 2. The van der Waals surface area contributed by atoms with Crippen molar-refractivity contribution >= 4 is 23.2 Å². The molecular formula is C18H19N5O2. The van der Waals surface area contributed by atoms with E-state index in [9.17, 15) is 9.59 Å². The first-order valence-electron chi connectivity index (χ1n) is 8.17. The highest BCUT2D eigenvalue weighted by Crippen LogP contribution is 2.26. The summed E-state index contributed by atoms with van der Waals surface area (Å²) in [6.07, 6.45) is 4.91. The van der Waals surface area contributed by atoms with Crippen molar-refractivity contribution in [2.45, 2.75) is 19.3 Å². The van der Waals surface area contributed by atoms with Crippen LogP contribution in [0.25, 0.3) is 0 Å². The van der Waals surface area contributed by atoms with Crippen molar-refractivity contribution in [2.75, 3.05) is 23.3 Å². The Labute approximate surface area is 145 Å². The summed E-state index contributed by atoms with van der Waals surface area (Å²) in [5, 5.41) is 11.5. The third-order valence-electron chi connectivity index (χ3n) is 4.29. The molecule has 2 aromatic rings. The molecule has 1 aliphatic heterocycles. The Morgan fingerprint density at radius 2 is 1.96 bits per heavy atom. The Morgan fingerprint density at radius 1 is 1.20 bits per heavy atom. The molecule has 0 aliphatic carbocycles. The normalized spacial score (nSPS) is 14.0. The maximum absolute atomic E-state index is 12.3. The maximum Gasteiger partial charge on any atom is 0.272 e. The largest absolute Gasteiger partial charge is 0.372 e. The molecule has 4 N–H and O–H groups in total. The number of carbonyl (C=O) groups is 2. The molecular weight excluding hydrogens is 318 g/mol. The van der Waals surface area contributed by atoms with E-state index in [2.05, 4.69) is 15.2 Å². The predicted molar refractivity (Wildman–Crippen MR) is 94.5 cm³/mol. The summed E-state index contributed by atoms with van der Waals surface area (Å²) in [4.78, 5) is 29.1. The van der Waals surface area contributed by atoms with Crippen LogP contribution in [0, 0.1) is 11.3 Å². The van der Waals surface area contributed by atoms with E-state index in [0.717, 1.165) is 31.6 Å². The van der Waals surface area contributed by atoms with Gasteiger partial charge in [-0.3, -0.25) is 9.59 Å². The van der Waals surface area contributed by atoms with Gasteiger partial charge in [0.15, 0.2) is 0 Å². The number of nitriles is 1. The predicted octanol–water partition coefficient (Wildman–Crippen LogP) is 2.23. The molecule has 0 bridgehead atoms. The zero-order valence-corrected chi connectivity index (χ0v) is 13.7. The van der Waals surface area contributed by atoms with Gasteiger partial charge in [-0.25, -0.2) is 0 Å². The van der Waals surface area contributed by atoms with Gasteiger partial charge in [-0.1, -0.05) is 0 Å². The first-order valence-corrected chi connectivity index (χ1v) is 8.17. The maximum atomic E-state index is 12.3. The number of piperidine rings is 1. The first kappa shape index (κ1) is 16.6. The van der Waals surface area contributed by atoms with Gasteiger partial charge in [-0.15, -0.1) is 0 Å². The number of nitrogens with one attached hydrogen (secondary N) is 2. The average Bonchev–Trinajstić information content (AvgIpc) is 3.12. The zero-order valence-electron chi connectivity index (χ0n) is 13.7. The van der Waals surface area contributed by atoms with E-state index in [1.807, 2.05) is 12.1 Å². The second-order valence-electron chi connectivity index (χ2n) is 6.01. The third kappa shape index (κ3) is 3.63. The summed E-state index contributed by atoms with van der Waals surface area (Å²) in [6.45, 7) is 1.90. The molecule has 7 heteroatoms. The zero-order chi connectivity index (χ0) is 17.8. The van der Waals surface area contributed by atoms with Gasteiger partial charge in [0.1, 0.15) is 11.8 Å². The number of H-pyrrole nitrogens is 1. The topological polar surface area (TPSA) is 115 Å². The number of benzene rings is 1.